The van der Waals surface area contributed by atoms with Crippen molar-refractivity contribution in [3.05, 3.63) is 11.6 Å². The Kier molecular flexibility index (Phi) is 8.88. The van der Waals surface area contributed by atoms with Crippen molar-refractivity contribution < 1.29 is 43.9 Å². The van der Waals surface area contributed by atoms with E-state index in [0.717, 1.165) is 31.3 Å². The molecule has 12 atom stereocenters. The van der Waals surface area contributed by atoms with Crippen LogP contribution in [0.5, 0.6) is 0 Å². The fourth-order valence-electron chi connectivity index (χ4n) is 12.5. The zero-order valence-electron chi connectivity index (χ0n) is 30.3. The van der Waals surface area contributed by atoms with Crippen molar-refractivity contribution in [1.29, 1.82) is 0 Å². The van der Waals surface area contributed by atoms with Gasteiger partial charge in [0.05, 0.1) is 32.3 Å². The molecule has 6 fully saturated rings. The minimum Gasteiger partial charge on any atom is -0.481 e. The van der Waals surface area contributed by atoms with E-state index in [4.69, 9.17) is 14.2 Å². The van der Waals surface area contributed by atoms with Crippen LogP contribution in [0.3, 0.4) is 0 Å². The zero-order valence-corrected chi connectivity index (χ0v) is 30.3. The summed E-state index contributed by atoms with van der Waals surface area (Å²) in [5.74, 6) is -1.60. The Balaban J connectivity index is 1.39. The Morgan fingerprint density at radius 3 is 2.27 bits per heavy atom. The standard InChI is InChI=1S/C38H59NO9/c1-22(2)23(3)33(5)11-12-35(7)25-9-10-27-34(6)21-47-38(20-37(27,38)26(25)19-28(43)36(35,8)29(33)32(44)45)31(48-24(4)42)30(34)46-18-15-39(13-16-40)14-17-41/h19,22-23,25,27,29-31,40-41H,9-18,20-21H2,1-8H3,(H,44,45)/t23-,25+,27+,29-,30+,31+,33-,34+,35-,36+,37-,38?/m1/s1. The summed E-state index contributed by atoms with van der Waals surface area (Å²) in [6.45, 7) is 18.4. The zero-order chi connectivity index (χ0) is 35.2. The highest BCUT2D eigenvalue weighted by Gasteiger charge is 2.90. The number of hydrogen-bond acceptors (Lipinski definition) is 9. The Morgan fingerprint density at radius 1 is 1.02 bits per heavy atom. The first-order chi connectivity index (χ1) is 22.5. The number of aliphatic hydroxyl groups excluding tert-OH is 2. The molecule has 2 bridgehead atoms. The number of allylic oxidation sites excluding steroid dienone is 1. The summed E-state index contributed by atoms with van der Waals surface area (Å²) >= 11 is 0. The molecule has 48 heavy (non-hydrogen) atoms. The third kappa shape index (κ3) is 4.50. The second kappa shape index (κ2) is 11.9. The van der Waals surface area contributed by atoms with Crippen molar-refractivity contribution in [1.82, 2.24) is 4.90 Å². The molecule has 7 rings (SSSR count). The van der Waals surface area contributed by atoms with Gasteiger partial charge in [-0.3, -0.25) is 19.3 Å². The van der Waals surface area contributed by atoms with Gasteiger partial charge in [0.15, 0.2) is 11.9 Å². The summed E-state index contributed by atoms with van der Waals surface area (Å²) in [7, 11) is 0. The summed E-state index contributed by atoms with van der Waals surface area (Å²) in [4.78, 5) is 42.8. The van der Waals surface area contributed by atoms with Crippen LogP contribution in [0.1, 0.15) is 87.5 Å². The largest absolute Gasteiger partial charge is 0.481 e. The summed E-state index contributed by atoms with van der Waals surface area (Å²) in [6.07, 6.45) is 4.69. The molecule has 3 N–H and O–H groups in total. The first-order valence-corrected chi connectivity index (χ1v) is 18.3. The first-order valence-electron chi connectivity index (χ1n) is 18.3. The number of ketones is 1. The fraction of sp³-hybridized carbons (Fsp3) is 0.868. The monoisotopic (exact) mass is 673 g/mol. The Labute approximate surface area is 285 Å². The Hall–Kier alpha value is -1.85. The van der Waals surface area contributed by atoms with Gasteiger partial charge in [-0.2, -0.15) is 0 Å². The van der Waals surface area contributed by atoms with E-state index in [0.29, 0.717) is 39.3 Å². The smallest absolute Gasteiger partial charge is 0.308 e. The molecular formula is C38H59NO9. The normalized spacial score (nSPS) is 46.3. The van der Waals surface area contributed by atoms with Crippen molar-refractivity contribution in [3.8, 4) is 0 Å². The van der Waals surface area contributed by atoms with Gasteiger partial charge in [0.1, 0.15) is 11.7 Å². The average molecular weight is 674 g/mol. The van der Waals surface area contributed by atoms with Gasteiger partial charge < -0.3 is 29.5 Å². The van der Waals surface area contributed by atoms with Gasteiger partial charge in [0.2, 0.25) is 0 Å². The molecule has 4 saturated carbocycles. The highest BCUT2D eigenvalue weighted by Crippen LogP contribution is 2.85. The number of carboxylic acid groups (broad SMARTS) is 1. The van der Waals surface area contributed by atoms with Crippen molar-refractivity contribution >= 4 is 17.7 Å². The van der Waals surface area contributed by atoms with E-state index in [1.54, 1.807) is 0 Å². The van der Waals surface area contributed by atoms with E-state index < -0.39 is 62.7 Å². The number of aliphatic hydroxyl groups is 2. The van der Waals surface area contributed by atoms with E-state index >= 15 is 0 Å². The maximum absolute atomic E-state index is 14.8. The van der Waals surface area contributed by atoms with Crippen LogP contribution in [0.25, 0.3) is 0 Å². The SMILES string of the molecule is CC(=O)O[C@H]1[C@H](OCCN(CCO)CCO)[C@@]2(C)COC13C[C@]31C3=CC(=O)[C@@]4(C)[C@H](C(=O)O)[C@@](C)([C@H](C)C(C)C)CC[C@]4(C)[C@H]3CC[C@@H]21. The van der Waals surface area contributed by atoms with Gasteiger partial charge in [-0.15, -0.1) is 0 Å². The quantitative estimate of drug-likeness (QED) is 0.259. The molecule has 270 valence electrons. The molecule has 1 unspecified atom stereocenters. The molecule has 0 aromatic rings. The van der Waals surface area contributed by atoms with Gasteiger partial charge in [0, 0.05) is 42.8 Å². The number of fused-ring (bicyclic) bond motifs is 5. The molecular weight excluding hydrogens is 614 g/mol. The van der Waals surface area contributed by atoms with E-state index in [9.17, 15) is 29.7 Å². The predicted octanol–water partition coefficient (Wildman–Crippen LogP) is 4.11. The molecule has 5 aliphatic carbocycles. The van der Waals surface area contributed by atoms with Crippen LogP contribution in [0, 0.1) is 56.7 Å². The average Bonchev–Trinajstić information content (AvgIpc) is 3.69. The highest BCUT2D eigenvalue weighted by atomic mass is 16.6. The van der Waals surface area contributed by atoms with Crippen molar-refractivity contribution in [3.63, 3.8) is 0 Å². The van der Waals surface area contributed by atoms with Gasteiger partial charge in [-0.25, -0.2) is 0 Å². The molecule has 2 saturated heterocycles. The topological polar surface area (TPSA) is 143 Å². The molecule has 7 aliphatic rings. The van der Waals surface area contributed by atoms with Crippen LogP contribution >= 0.6 is 0 Å². The van der Waals surface area contributed by atoms with Crippen LogP contribution in [0.2, 0.25) is 0 Å². The predicted molar refractivity (Wildman–Crippen MR) is 178 cm³/mol. The number of carboxylic acids is 1. The first kappa shape index (κ1) is 36.0. The minimum atomic E-state index is -1.07. The van der Waals surface area contributed by atoms with Crippen LogP contribution < -0.4 is 0 Å². The number of ether oxygens (including phenoxy) is 3. The lowest BCUT2D eigenvalue weighted by Gasteiger charge is -2.68. The number of aliphatic carboxylic acids is 1. The second-order valence-electron chi connectivity index (χ2n) is 17.5. The summed E-state index contributed by atoms with van der Waals surface area (Å²) in [5, 5.41) is 29.9. The van der Waals surface area contributed by atoms with Gasteiger partial charge in [-0.05, 0) is 72.7 Å². The molecule has 2 heterocycles. The van der Waals surface area contributed by atoms with E-state index in [1.807, 2.05) is 17.9 Å². The number of rotatable bonds is 12. The van der Waals surface area contributed by atoms with E-state index in [-0.39, 0.29) is 42.7 Å². The molecule has 0 aromatic carbocycles. The van der Waals surface area contributed by atoms with Crippen molar-refractivity contribution in [2.75, 3.05) is 46.1 Å². The van der Waals surface area contributed by atoms with E-state index in [1.165, 1.54) is 6.92 Å². The summed E-state index contributed by atoms with van der Waals surface area (Å²) < 4.78 is 19.6. The minimum absolute atomic E-state index is 0.0189. The lowest BCUT2D eigenvalue weighted by molar-refractivity contribution is -0.299. The summed E-state index contributed by atoms with van der Waals surface area (Å²) in [6, 6.07) is 0. The highest BCUT2D eigenvalue weighted by molar-refractivity contribution is 6.01. The third-order valence-corrected chi connectivity index (χ3v) is 15.5. The van der Waals surface area contributed by atoms with Gasteiger partial charge in [-0.1, -0.05) is 54.0 Å². The van der Waals surface area contributed by atoms with Gasteiger partial charge >= 0.3 is 11.9 Å². The maximum atomic E-state index is 14.8. The molecule has 2 spiro atoms. The lowest BCUT2D eigenvalue weighted by Crippen LogP contribution is -2.72. The number of carbonyl (C=O) groups excluding carboxylic acids is 2. The summed E-state index contributed by atoms with van der Waals surface area (Å²) in [5.41, 5.74) is -2.83. The molecule has 0 radical (unpaired) electrons. The second-order valence-corrected chi connectivity index (χ2v) is 17.5. The Bertz CT molecular complexity index is 1360. The molecule has 0 amide bonds. The van der Waals surface area contributed by atoms with Crippen LogP contribution in [0.4, 0.5) is 0 Å². The fourth-order valence-corrected chi connectivity index (χ4v) is 12.5. The molecule has 10 nitrogen and oxygen atoms in total. The number of carbonyl (C=O) groups is 3. The van der Waals surface area contributed by atoms with Crippen molar-refractivity contribution in [2.45, 2.75) is 105 Å². The number of esters is 1. The van der Waals surface area contributed by atoms with E-state index in [2.05, 4.69) is 41.5 Å². The molecule has 0 aromatic heterocycles. The third-order valence-electron chi connectivity index (χ3n) is 15.5. The van der Waals surface area contributed by atoms with Crippen LogP contribution in [-0.4, -0.2) is 102 Å². The maximum Gasteiger partial charge on any atom is 0.308 e. The van der Waals surface area contributed by atoms with Crippen LogP contribution in [0.15, 0.2) is 11.6 Å². The number of hydrogen-bond donors (Lipinski definition) is 3. The number of nitrogens with zero attached hydrogens (tertiary/aromatic N) is 1. The van der Waals surface area contributed by atoms with Crippen LogP contribution in [-0.2, 0) is 28.6 Å². The Morgan fingerprint density at radius 2 is 1.69 bits per heavy atom. The molecule has 10 heteroatoms. The van der Waals surface area contributed by atoms with Crippen molar-refractivity contribution in [2.24, 2.45) is 56.7 Å². The molecule has 2 aliphatic heterocycles. The van der Waals surface area contributed by atoms with Gasteiger partial charge in [0.25, 0.3) is 0 Å². The lowest BCUT2D eigenvalue weighted by atomic mass is 9.35.